The van der Waals surface area contributed by atoms with Crippen molar-refractivity contribution in [1.82, 2.24) is 0 Å². The zero-order valence-corrected chi connectivity index (χ0v) is 9.18. The van der Waals surface area contributed by atoms with Crippen molar-refractivity contribution >= 4 is 22.0 Å². The summed E-state index contributed by atoms with van der Waals surface area (Å²) in [6.07, 6.45) is -0.987. The maximum atomic E-state index is 11.8. The second-order valence-corrected chi connectivity index (χ2v) is 3.32. The predicted molar refractivity (Wildman–Crippen MR) is 56.0 cm³/mol. The number of hydrogen-bond donors (Lipinski definition) is 0. The molecule has 1 nitrogen and oxygen atoms in total. The van der Waals surface area contributed by atoms with Crippen LogP contribution in [0.3, 0.4) is 0 Å². The van der Waals surface area contributed by atoms with Crippen LogP contribution in [0.5, 0.6) is 5.75 Å². The summed E-state index contributed by atoms with van der Waals surface area (Å²) < 4.78 is 39.1. The summed E-state index contributed by atoms with van der Waals surface area (Å²) in [5.74, 6) is -0.210. The molecule has 1 rings (SSSR count). The van der Waals surface area contributed by atoms with Crippen LogP contribution in [0.4, 0.5) is 13.2 Å². The van der Waals surface area contributed by atoms with Crippen molar-refractivity contribution in [3.63, 3.8) is 0 Å². The van der Waals surface area contributed by atoms with Gasteiger partial charge in [0.25, 0.3) is 0 Å². The molecule has 0 amide bonds. The highest BCUT2D eigenvalue weighted by atomic mass is 79.9. The monoisotopic (exact) mass is 280 g/mol. The number of benzene rings is 1. The first-order valence-corrected chi connectivity index (χ1v) is 5.22. The Labute approximate surface area is 93.7 Å². The normalized spacial score (nSPS) is 12.0. The zero-order chi connectivity index (χ0) is 11.3. The fourth-order valence-electron chi connectivity index (χ4n) is 0.961. The van der Waals surface area contributed by atoms with Crippen LogP contribution >= 0.6 is 15.9 Å². The first-order valence-electron chi connectivity index (χ1n) is 4.09. The molecular formula is C10H8BrF3O. The minimum atomic E-state index is -4.63. The molecule has 15 heavy (non-hydrogen) atoms. The minimum absolute atomic E-state index is 0.210. The molecule has 1 aromatic carbocycles. The summed E-state index contributed by atoms with van der Waals surface area (Å²) in [5, 5.41) is 0.702. The molecule has 0 N–H and O–H groups in total. The van der Waals surface area contributed by atoms with Crippen molar-refractivity contribution in [2.24, 2.45) is 0 Å². The molecule has 0 spiro atoms. The molecule has 0 aromatic heterocycles. The number of ether oxygens (including phenoxy) is 1. The van der Waals surface area contributed by atoms with Crippen LogP contribution in [0, 0.1) is 0 Å². The molecule has 0 atom stereocenters. The SMILES string of the molecule is FC(F)(F)Oc1ccc(C=CCBr)cc1. The first-order chi connectivity index (χ1) is 7.01. The van der Waals surface area contributed by atoms with Gasteiger partial charge in [0.05, 0.1) is 0 Å². The quantitative estimate of drug-likeness (QED) is 0.761. The number of allylic oxidation sites excluding steroid dienone is 1. The second-order valence-electron chi connectivity index (χ2n) is 2.67. The molecule has 0 fully saturated rings. The summed E-state index contributed by atoms with van der Waals surface area (Å²) in [5.41, 5.74) is 0.823. The molecule has 0 bridgehead atoms. The van der Waals surface area contributed by atoms with E-state index in [2.05, 4.69) is 20.7 Å². The van der Waals surface area contributed by atoms with E-state index in [0.717, 1.165) is 5.56 Å². The van der Waals surface area contributed by atoms with E-state index >= 15 is 0 Å². The highest BCUT2D eigenvalue weighted by molar-refractivity contribution is 9.09. The standard InChI is InChI=1S/C10H8BrF3O/c11-7-1-2-8-3-5-9(6-4-8)15-10(12,13)14/h1-6H,7H2. The molecule has 0 heterocycles. The fourth-order valence-corrected chi connectivity index (χ4v) is 1.15. The Hall–Kier alpha value is -0.970. The average Bonchev–Trinajstić information content (AvgIpc) is 2.14. The molecule has 1 aromatic rings. The van der Waals surface area contributed by atoms with Crippen LogP contribution in [0.15, 0.2) is 30.3 Å². The summed E-state index contributed by atoms with van der Waals surface area (Å²) in [7, 11) is 0. The lowest BCUT2D eigenvalue weighted by Crippen LogP contribution is -2.16. The van der Waals surface area contributed by atoms with Gasteiger partial charge < -0.3 is 4.74 Å². The van der Waals surface area contributed by atoms with E-state index in [9.17, 15) is 13.2 Å². The maximum Gasteiger partial charge on any atom is 0.573 e. The van der Waals surface area contributed by atoms with Crippen LogP contribution in [-0.2, 0) is 0 Å². The molecule has 0 aliphatic heterocycles. The topological polar surface area (TPSA) is 9.23 Å². The van der Waals surface area contributed by atoms with Gasteiger partial charge in [0.1, 0.15) is 5.75 Å². The van der Waals surface area contributed by atoms with Crippen molar-refractivity contribution in [3.05, 3.63) is 35.9 Å². The zero-order valence-electron chi connectivity index (χ0n) is 7.59. The van der Waals surface area contributed by atoms with Gasteiger partial charge in [-0.1, -0.05) is 40.2 Å². The van der Waals surface area contributed by atoms with E-state index in [0.29, 0.717) is 5.33 Å². The van der Waals surface area contributed by atoms with Gasteiger partial charge in [-0.15, -0.1) is 13.2 Å². The third-order valence-electron chi connectivity index (χ3n) is 1.51. The predicted octanol–water partition coefficient (Wildman–Crippen LogP) is 3.99. The van der Waals surface area contributed by atoms with Crippen molar-refractivity contribution < 1.29 is 17.9 Å². The molecule has 5 heteroatoms. The van der Waals surface area contributed by atoms with E-state index in [1.165, 1.54) is 12.1 Å². The Balaban J connectivity index is 2.68. The third-order valence-corrected chi connectivity index (χ3v) is 1.89. The average molecular weight is 281 g/mol. The van der Waals surface area contributed by atoms with Gasteiger partial charge in [0.2, 0.25) is 0 Å². The largest absolute Gasteiger partial charge is 0.573 e. The van der Waals surface area contributed by atoms with Gasteiger partial charge in [-0.2, -0.15) is 0 Å². The lowest BCUT2D eigenvalue weighted by atomic mass is 10.2. The summed E-state index contributed by atoms with van der Waals surface area (Å²) >= 11 is 3.20. The molecule has 82 valence electrons. The molecule has 0 unspecified atom stereocenters. The van der Waals surface area contributed by atoms with Crippen LogP contribution in [-0.4, -0.2) is 11.7 Å². The lowest BCUT2D eigenvalue weighted by molar-refractivity contribution is -0.274. The fraction of sp³-hybridized carbons (Fsp3) is 0.200. The Bertz CT molecular complexity index is 330. The number of hydrogen-bond acceptors (Lipinski definition) is 1. The Kier molecular flexibility index (Phi) is 4.20. The molecule has 0 saturated carbocycles. The van der Waals surface area contributed by atoms with Crippen molar-refractivity contribution in [3.8, 4) is 5.75 Å². The van der Waals surface area contributed by atoms with E-state index in [-0.39, 0.29) is 5.75 Å². The Morgan fingerprint density at radius 1 is 1.20 bits per heavy atom. The van der Waals surface area contributed by atoms with Crippen LogP contribution in [0.25, 0.3) is 6.08 Å². The molecule has 0 aliphatic carbocycles. The summed E-state index contributed by atoms with van der Waals surface area (Å²) in [4.78, 5) is 0. The van der Waals surface area contributed by atoms with Gasteiger partial charge in [0, 0.05) is 5.33 Å². The van der Waals surface area contributed by atoms with E-state index < -0.39 is 6.36 Å². The van der Waals surface area contributed by atoms with Crippen LogP contribution < -0.4 is 4.74 Å². The summed E-state index contributed by atoms with van der Waals surface area (Å²) in [6, 6.07) is 5.67. The van der Waals surface area contributed by atoms with E-state index in [1.54, 1.807) is 18.2 Å². The van der Waals surface area contributed by atoms with Gasteiger partial charge in [-0.05, 0) is 17.7 Å². The van der Waals surface area contributed by atoms with Crippen molar-refractivity contribution in [2.75, 3.05) is 5.33 Å². The lowest BCUT2D eigenvalue weighted by Gasteiger charge is -2.08. The van der Waals surface area contributed by atoms with E-state index in [4.69, 9.17) is 0 Å². The minimum Gasteiger partial charge on any atom is -0.406 e. The smallest absolute Gasteiger partial charge is 0.406 e. The van der Waals surface area contributed by atoms with E-state index in [1.807, 2.05) is 6.08 Å². The van der Waals surface area contributed by atoms with Crippen molar-refractivity contribution in [2.45, 2.75) is 6.36 Å². The van der Waals surface area contributed by atoms with Gasteiger partial charge in [0.15, 0.2) is 0 Å². The van der Waals surface area contributed by atoms with Crippen LogP contribution in [0.2, 0.25) is 0 Å². The molecule has 0 radical (unpaired) electrons. The van der Waals surface area contributed by atoms with Gasteiger partial charge in [-0.25, -0.2) is 0 Å². The first kappa shape index (κ1) is 12.1. The van der Waals surface area contributed by atoms with Crippen molar-refractivity contribution in [1.29, 1.82) is 0 Å². The number of rotatable bonds is 3. The Morgan fingerprint density at radius 3 is 2.27 bits per heavy atom. The van der Waals surface area contributed by atoms with Gasteiger partial charge >= 0.3 is 6.36 Å². The molecule has 0 aliphatic rings. The summed E-state index contributed by atoms with van der Waals surface area (Å²) in [6.45, 7) is 0. The highest BCUT2D eigenvalue weighted by Gasteiger charge is 2.30. The highest BCUT2D eigenvalue weighted by Crippen LogP contribution is 2.22. The third kappa shape index (κ3) is 4.88. The van der Waals surface area contributed by atoms with Crippen LogP contribution in [0.1, 0.15) is 5.56 Å². The number of halogens is 4. The molecular weight excluding hydrogens is 273 g/mol. The molecule has 0 saturated heterocycles. The second kappa shape index (κ2) is 5.21. The number of alkyl halides is 4. The Morgan fingerprint density at radius 2 is 1.80 bits per heavy atom. The van der Waals surface area contributed by atoms with Gasteiger partial charge in [-0.3, -0.25) is 0 Å². The maximum absolute atomic E-state index is 11.8.